The molecule has 3 heterocycles. The van der Waals surface area contributed by atoms with Gasteiger partial charge in [0.15, 0.2) is 5.82 Å². The third-order valence-electron chi connectivity index (χ3n) is 2.77. The minimum absolute atomic E-state index is 0.109. The summed E-state index contributed by atoms with van der Waals surface area (Å²) in [5.41, 5.74) is 1.23. The maximum atomic E-state index is 10.7. The van der Waals surface area contributed by atoms with Gasteiger partial charge in [-0.05, 0) is 12.1 Å². The Morgan fingerprint density at radius 2 is 2.26 bits per heavy atom. The molecule has 3 aromatic rings. The molecule has 3 rings (SSSR count). The van der Waals surface area contributed by atoms with Crippen LogP contribution < -0.4 is 0 Å². The van der Waals surface area contributed by atoms with E-state index in [9.17, 15) is 4.79 Å². The minimum atomic E-state index is -0.909. The normalized spacial score (nSPS) is 11.0. The van der Waals surface area contributed by atoms with E-state index in [1.54, 1.807) is 21.5 Å². The molecule has 0 amide bonds. The zero-order valence-electron chi connectivity index (χ0n) is 10.2. The van der Waals surface area contributed by atoms with Crippen LogP contribution in [-0.2, 0) is 18.3 Å². The molecule has 0 aromatic carbocycles. The van der Waals surface area contributed by atoms with Gasteiger partial charge in [-0.15, -0.1) is 5.10 Å². The Morgan fingerprint density at radius 3 is 2.89 bits per heavy atom. The molecule has 96 valence electrons. The third kappa shape index (κ3) is 1.95. The monoisotopic (exact) mass is 257 g/mol. The number of carbonyl (C=O) groups is 1. The van der Waals surface area contributed by atoms with E-state index in [2.05, 4.69) is 15.1 Å². The first-order valence-electron chi connectivity index (χ1n) is 5.69. The zero-order valence-corrected chi connectivity index (χ0v) is 10.2. The second-order valence-corrected chi connectivity index (χ2v) is 4.14. The highest BCUT2D eigenvalue weighted by molar-refractivity contribution is 5.69. The summed E-state index contributed by atoms with van der Waals surface area (Å²) in [5.74, 6) is 0.371. The molecular weight excluding hydrogens is 246 g/mol. The van der Waals surface area contributed by atoms with Crippen LogP contribution in [0.3, 0.4) is 0 Å². The maximum absolute atomic E-state index is 10.7. The van der Waals surface area contributed by atoms with Crippen LogP contribution in [0.15, 0.2) is 30.6 Å². The van der Waals surface area contributed by atoms with E-state index in [1.165, 1.54) is 0 Å². The largest absolute Gasteiger partial charge is 0.481 e. The predicted octanol–water partition coefficient (Wildman–Crippen LogP) is 0.757. The lowest BCUT2D eigenvalue weighted by Crippen LogP contribution is -2.01. The van der Waals surface area contributed by atoms with E-state index in [-0.39, 0.29) is 6.42 Å². The molecule has 0 fully saturated rings. The van der Waals surface area contributed by atoms with E-state index < -0.39 is 5.97 Å². The lowest BCUT2D eigenvalue weighted by Gasteiger charge is -1.98. The van der Waals surface area contributed by atoms with Crippen LogP contribution in [0.4, 0.5) is 0 Å². The van der Waals surface area contributed by atoms with Crippen molar-refractivity contribution in [3.63, 3.8) is 0 Å². The van der Waals surface area contributed by atoms with Gasteiger partial charge in [0.25, 0.3) is 0 Å². The average Bonchev–Trinajstić information content (AvgIpc) is 2.90. The van der Waals surface area contributed by atoms with Crippen molar-refractivity contribution < 1.29 is 9.90 Å². The van der Waals surface area contributed by atoms with Crippen molar-refractivity contribution >= 4 is 11.7 Å². The first kappa shape index (κ1) is 11.4. The topological polar surface area (TPSA) is 85.3 Å². The molecule has 0 saturated heterocycles. The van der Waals surface area contributed by atoms with Crippen LogP contribution in [0.2, 0.25) is 0 Å². The van der Waals surface area contributed by atoms with Gasteiger partial charge < -0.3 is 5.11 Å². The van der Waals surface area contributed by atoms with Crippen LogP contribution in [0.1, 0.15) is 5.69 Å². The Kier molecular flexibility index (Phi) is 2.52. The molecule has 0 atom stereocenters. The summed E-state index contributed by atoms with van der Waals surface area (Å²) in [6.45, 7) is 0. The van der Waals surface area contributed by atoms with Crippen molar-refractivity contribution in [1.82, 2.24) is 24.1 Å². The highest BCUT2D eigenvalue weighted by Crippen LogP contribution is 2.16. The number of aromatic nitrogens is 5. The number of hydrogen-bond donors (Lipinski definition) is 1. The van der Waals surface area contributed by atoms with Crippen LogP contribution in [-0.4, -0.2) is 35.2 Å². The van der Waals surface area contributed by atoms with Crippen LogP contribution in [0.5, 0.6) is 0 Å². The van der Waals surface area contributed by atoms with Crippen LogP contribution >= 0.6 is 0 Å². The Balaban J connectivity index is 2.08. The second kappa shape index (κ2) is 4.20. The van der Waals surface area contributed by atoms with Gasteiger partial charge in [-0.3, -0.25) is 14.3 Å². The molecule has 0 unspecified atom stereocenters. The molecule has 0 spiro atoms. The fourth-order valence-electron chi connectivity index (χ4n) is 1.93. The molecule has 7 heteroatoms. The van der Waals surface area contributed by atoms with Gasteiger partial charge in [-0.2, -0.15) is 0 Å². The molecule has 0 aliphatic rings. The average molecular weight is 257 g/mol. The molecule has 1 N–H and O–H groups in total. The summed E-state index contributed by atoms with van der Waals surface area (Å²) < 4.78 is 3.36. The van der Waals surface area contributed by atoms with Crippen molar-refractivity contribution in [1.29, 1.82) is 0 Å². The van der Waals surface area contributed by atoms with Crippen molar-refractivity contribution in [2.24, 2.45) is 7.05 Å². The van der Waals surface area contributed by atoms with E-state index in [0.29, 0.717) is 17.3 Å². The second-order valence-electron chi connectivity index (χ2n) is 4.14. The summed E-state index contributed by atoms with van der Waals surface area (Å²) in [6.07, 6.45) is 3.21. The van der Waals surface area contributed by atoms with E-state index in [0.717, 1.165) is 5.69 Å². The summed E-state index contributed by atoms with van der Waals surface area (Å²) in [5, 5.41) is 13.1. The number of carboxylic acid groups (broad SMARTS) is 1. The highest BCUT2D eigenvalue weighted by atomic mass is 16.4. The number of nitrogens with zero attached hydrogens (tertiary/aromatic N) is 5. The van der Waals surface area contributed by atoms with Gasteiger partial charge in [0.05, 0.1) is 18.3 Å². The number of fused-ring (bicyclic) bond motifs is 1. The van der Waals surface area contributed by atoms with Gasteiger partial charge in [0.1, 0.15) is 5.69 Å². The number of rotatable bonds is 3. The zero-order chi connectivity index (χ0) is 13.4. The summed E-state index contributed by atoms with van der Waals surface area (Å²) >= 11 is 0. The van der Waals surface area contributed by atoms with Crippen molar-refractivity contribution in [2.45, 2.75) is 6.42 Å². The molecule has 0 aliphatic carbocycles. The van der Waals surface area contributed by atoms with Gasteiger partial charge in [0.2, 0.25) is 5.78 Å². The number of carboxylic acids is 1. The van der Waals surface area contributed by atoms with Crippen molar-refractivity contribution in [3.8, 4) is 11.5 Å². The number of aliphatic carboxylic acids is 1. The smallest absolute Gasteiger partial charge is 0.309 e. The maximum Gasteiger partial charge on any atom is 0.309 e. The predicted molar refractivity (Wildman–Crippen MR) is 66.5 cm³/mol. The van der Waals surface area contributed by atoms with Gasteiger partial charge in [-0.25, -0.2) is 9.50 Å². The minimum Gasteiger partial charge on any atom is -0.481 e. The summed E-state index contributed by atoms with van der Waals surface area (Å²) in [7, 11) is 1.82. The number of imidazole rings is 1. The molecule has 3 aromatic heterocycles. The molecule has 19 heavy (non-hydrogen) atoms. The van der Waals surface area contributed by atoms with Gasteiger partial charge in [-0.1, -0.05) is 6.07 Å². The number of hydrogen-bond acceptors (Lipinski definition) is 4. The first-order valence-corrected chi connectivity index (χ1v) is 5.69. The van der Waals surface area contributed by atoms with Crippen molar-refractivity contribution in [2.75, 3.05) is 0 Å². The van der Waals surface area contributed by atoms with Crippen LogP contribution in [0.25, 0.3) is 17.3 Å². The molecule has 7 nitrogen and oxygen atoms in total. The summed E-state index contributed by atoms with van der Waals surface area (Å²) in [4.78, 5) is 19.1. The SMILES string of the molecule is Cn1c(-c2ccccn2)nn2cc(CC(=O)O)nc12. The molecule has 0 aliphatic heterocycles. The standard InChI is InChI=1S/C12H11N5O2/c1-16-11(9-4-2-3-5-13-9)15-17-7-8(6-10(18)19)14-12(16)17/h2-5,7H,6H2,1H3,(H,18,19). The Hall–Kier alpha value is -2.70. The molecule has 0 bridgehead atoms. The Labute approximate surface area is 108 Å². The fraction of sp³-hybridized carbons (Fsp3) is 0.167. The fourth-order valence-corrected chi connectivity index (χ4v) is 1.93. The van der Waals surface area contributed by atoms with E-state index in [4.69, 9.17) is 5.11 Å². The Bertz CT molecular complexity index is 744. The molecule has 0 radical (unpaired) electrons. The lowest BCUT2D eigenvalue weighted by molar-refractivity contribution is -0.136. The van der Waals surface area contributed by atoms with Crippen molar-refractivity contribution in [3.05, 3.63) is 36.3 Å². The number of aryl methyl sites for hydroxylation is 1. The van der Waals surface area contributed by atoms with E-state index >= 15 is 0 Å². The molecular formula is C12H11N5O2. The third-order valence-corrected chi connectivity index (χ3v) is 2.77. The lowest BCUT2D eigenvalue weighted by atomic mass is 10.3. The highest BCUT2D eigenvalue weighted by Gasteiger charge is 2.14. The van der Waals surface area contributed by atoms with Gasteiger partial charge >= 0.3 is 5.97 Å². The van der Waals surface area contributed by atoms with Gasteiger partial charge in [0, 0.05) is 13.2 Å². The van der Waals surface area contributed by atoms with E-state index in [1.807, 2.05) is 25.2 Å². The van der Waals surface area contributed by atoms with Crippen LogP contribution in [0, 0.1) is 0 Å². The number of pyridine rings is 1. The summed E-state index contributed by atoms with van der Waals surface area (Å²) in [6, 6.07) is 5.58. The Morgan fingerprint density at radius 1 is 1.42 bits per heavy atom. The quantitative estimate of drug-likeness (QED) is 0.748. The molecule has 0 saturated carbocycles. The first-order chi connectivity index (χ1) is 9.15.